The number of hydrogen-bond acceptors (Lipinski definition) is 3. The molecule has 1 heterocycles. The molecule has 20 heavy (non-hydrogen) atoms. The second-order valence-electron chi connectivity index (χ2n) is 4.62. The van der Waals surface area contributed by atoms with Crippen LogP contribution in [0.15, 0.2) is 59.4 Å². The normalized spacial score (nSPS) is 14.3. The molecule has 1 aromatic carbocycles. The van der Waals surface area contributed by atoms with Gasteiger partial charge in [-0.1, -0.05) is 30.3 Å². The van der Waals surface area contributed by atoms with Crippen LogP contribution in [-0.4, -0.2) is 23.8 Å². The fourth-order valence-electron chi connectivity index (χ4n) is 2.16. The first-order chi connectivity index (χ1) is 9.83. The SMILES string of the molecule is CCN(CC)C1=NC=CC(OCc2ccccc2)=CC1. The quantitative estimate of drug-likeness (QED) is 0.814. The fourth-order valence-corrected chi connectivity index (χ4v) is 2.16. The van der Waals surface area contributed by atoms with Crippen molar-refractivity contribution >= 4 is 5.84 Å². The van der Waals surface area contributed by atoms with Crippen molar-refractivity contribution in [2.45, 2.75) is 26.9 Å². The molecular formula is C17H22N2O. The molecule has 0 aromatic heterocycles. The number of benzene rings is 1. The molecule has 0 atom stereocenters. The Kier molecular flexibility index (Phi) is 5.42. The van der Waals surface area contributed by atoms with Crippen molar-refractivity contribution in [1.82, 2.24) is 4.90 Å². The highest BCUT2D eigenvalue weighted by Crippen LogP contribution is 2.12. The first-order valence-electron chi connectivity index (χ1n) is 7.18. The highest BCUT2D eigenvalue weighted by molar-refractivity contribution is 5.84. The summed E-state index contributed by atoms with van der Waals surface area (Å²) in [6, 6.07) is 10.2. The highest BCUT2D eigenvalue weighted by atomic mass is 16.5. The van der Waals surface area contributed by atoms with E-state index >= 15 is 0 Å². The predicted molar refractivity (Wildman–Crippen MR) is 83.4 cm³/mol. The molecule has 0 aliphatic carbocycles. The number of aliphatic imine (C=N–C) groups is 1. The molecule has 3 nitrogen and oxygen atoms in total. The standard InChI is InChI=1S/C17H22N2O/c1-3-19(4-2)17-11-10-16(12-13-18-17)20-14-15-8-6-5-7-9-15/h5-10,12-13H,3-4,11,14H2,1-2H3. The number of ether oxygens (including phenoxy) is 1. The second-order valence-corrected chi connectivity index (χ2v) is 4.62. The van der Waals surface area contributed by atoms with Crippen LogP contribution in [0.5, 0.6) is 0 Å². The maximum absolute atomic E-state index is 5.83. The lowest BCUT2D eigenvalue weighted by Crippen LogP contribution is -2.29. The van der Waals surface area contributed by atoms with Crippen LogP contribution in [0.4, 0.5) is 0 Å². The van der Waals surface area contributed by atoms with E-state index in [0.717, 1.165) is 31.1 Å². The summed E-state index contributed by atoms with van der Waals surface area (Å²) in [6.07, 6.45) is 6.68. The van der Waals surface area contributed by atoms with E-state index in [4.69, 9.17) is 4.74 Å². The molecule has 1 aromatic rings. The number of rotatable bonds is 5. The Morgan fingerprint density at radius 3 is 2.60 bits per heavy atom. The van der Waals surface area contributed by atoms with Crippen molar-refractivity contribution < 1.29 is 4.74 Å². The van der Waals surface area contributed by atoms with E-state index in [0.29, 0.717) is 6.61 Å². The van der Waals surface area contributed by atoms with Crippen molar-refractivity contribution in [2.24, 2.45) is 4.99 Å². The van der Waals surface area contributed by atoms with Gasteiger partial charge in [0.15, 0.2) is 0 Å². The molecule has 0 bridgehead atoms. The van der Waals surface area contributed by atoms with Crippen LogP contribution in [0, 0.1) is 0 Å². The average molecular weight is 270 g/mol. The summed E-state index contributed by atoms with van der Waals surface area (Å²) in [5.41, 5.74) is 1.18. The molecule has 1 aliphatic heterocycles. The summed E-state index contributed by atoms with van der Waals surface area (Å²) in [4.78, 5) is 6.77. The predicted octanol–water partition coefficient (Wildman–Crippen LogP) is 3.74. The third-order valence-electron chi connectivity index (χ3n) is 3.32. The summed E-state index contributed by atoms with van der Waals surface area (Å²) < 4.78 is 5.83. The summed E-state index contributed by atoms with van der Waals surface area (Å²) in [5, 5.41) is 0. The van der Waals surface area contributed by atoms with E-state index in [1.165, 1.54) is 5.56 Å². The number of hydrogen-bond donors (Lipinski definition) is 0. The lowest BCUT2D eigenvalue weighted by molar-refractivity contribution is 0.210. The first-order valence-corrected chi connectivity index (χ1v) is 7.18. The molecule has 106 valence electrons. The zero-order valence-corrected chi connectivity index (χ0v) is 12.2. The van der Waals surface area contributed by atoms with Crippen molar-refractivity contribution in [3.05, 3.63) is 60.0 Å². The molecule has 3 heteroatoms. The average Bonchev–Trinajstić information content (AvgIpc) is 2.73. The zero-order chi connectivity index (χ0) is 14.2. The van der Waals surface area contributed by atoms with Gasteiger partial charge in [0.05, 0.1) is 0 Å². The van der Waals surface area contributed by atoms with Crippen molar-refractivity contribution in [3.63, 3.8) is 0 Å². The topological polar surface area (TPSA) is 24.8 Å². The van der Waals surface area contributed by atoms with Crippen LogP contribution < -0.4 is 0 Å². The summed E-state index contributed by atoms with van der Waals surface area (Å²) in [5.74, 6) is 1.99. The van der Waals surface area contributed by atoms with Crippen LogP contribution in [-0.2, 0) is 11.3 Å². The van der Waals surface area contributed by atoms with Gasteiger partial charge in [0, 0.05) is 25.7 Å². The van der Waals surface area contributed by atoms with Crippen LogP contribution in [0.25, 0.3) is 0 Å². The zero-order valence-electron chi connectivity index (χ0n) is 12.2. The van der Waals surface area contributed by atoms with E-state index in [-0.39, 0.29) is 0 Å². The minimum Gasteiger partial charge on any atom is -0.489 e. The Balaban J connectivity index is 1.93. The molecule has 0 N–H and O–H groups in total. The Bertz CT molecular complexity index is 499. The van der Waals surface area contributed by atoms with Gasteiger partial charge in [-0.15, -0.1) is 0 Å². The van der Waals surface area contributed by atoms with Gasteiger partial charge in [-0.2, -0.15) is 0 Å². The molecule has 1 aliphatic rings. The number of nitrogens with zero attached hydrogens (tertiary/aromatic N) is 2. The Morgan fingerprint density at radius 2 is 1.90 bits per heavy atom. The van der Waals surface area contributed by atoms with Crippen LogP contribution in [0.3, 0.4) is 0 Å². The van der Waals surface area contributed by atoms with Crippen LogP contribution >= 0.6 is 0 Å². The summed E-state index contributed by atoms with van der Waals surface area (Å²) >= 11 is 0. The Labute approximate surface area is 121 Å². The molecule has 0 fully saturated rings. The van der Waals surface area contributed by atoms with Gasteiger partial charge in [-0.05, 0) is 31.6 Å². The van der Waals surface area contributed by atoms with Gasteiger partial charge in [0.25, 0.3) is 0 Å². The minimum atomic E-state index is 0.595. The van der Waals surface area contributed by atoms with E-state index < -0.39 is 0 Å². The Morgan fingerprint density at radius 1 is 1.15 bits per heavy atom. The summed E-state index contributed by atoms with van der Waals surface area (Å²) in [6.45, 7) is 6.86. The lowest BCUT2D eigenvalue weighted by Gasteiger charge is -2.21. The maximum atomic E-state index is 5.83. The van der Waals surface area contributed by atoms with Gasteiger partial charge >= 0.3 is 0 Å². The van der Waals surface area contributed by atoms with E-state index in [9.17, 15) is 0 Å². The molecule has 2 rings (SSSR count). The molecule has 0 amide bonds. The maximum Gasteiger partial charge on any atom is 0.117 e. The van der Waals surface area contributed by atoms with Crippen LogP contribution in [0.1, 0.15) is 25.8 Å². The smallest absolute Gasteiger partial charge is 0.117 e. The summed E-state index contributed by atoms with van der Waals surface area (Å²) in [7, 11) is 0. The van der Waals surface area contributed by atoms with E-state index in [1.54, 1.807) is 0 Å². The molecular weight excluding hydrogens is 248 g/mol. The van der Waals surface area contributed by atoms with Gasteiger partial charge in [-0.3, -0.25) is 0 Å². The molecule has 0 radical (unpaired) electrons. The van der Waals surface area contributed by atoms with Gasteiger partial charge in [0.1, 0.15) is 18.2 Å². The van der Waals surface area contributed by atoms with Gasteiger partial charge in [-0.25, -0.2) is 4.99 Å². The van der Waals surface area contributed by atoms with Gasteiger partial charge in [0.2, 0.25) is 0 Å². The second kappa shape index (κ2) is 7.53. The monoisotopic (exact) mass is 270 g/mol. The van der Waals surface area contributed by atoms with Crippen LogP contribution in [0.2, 0.25) is 0 Å². The first kappa shape index (κ1) is 14.4. The van der Waals surface area contributed by atoms with Crippen molar-refractivity contribution in [1.29, 1.82) is 0 Å². The third-order valence-corrected chi connectivity index (χ3v) is 3.32. The van der Waals surface area contributed by atoms with E-state index in [1.807, 2.05) is 30.5 Å². The molecule has 0 unspecified atom stereocenters. The molecule has 0 saturated heterocycles. The minimum absolute atomic E-state index is 0.595. The van der Waals surface area contributed by atoms with Crippen molar-refractivity contribution in [2.75, 3.05) is 13.1 Å². The van der Waals surface area contributed by atoms with Crippen molar-refractivity contribution in [3.8, 4) is 0 Å². The van der Waals surface area contributed by atoms with Gasteiger partial charge < -0.3 is 9.64 Å². The molecule has 0 spiro atoms. The fraction of sp³-hybridized carbons (Fsp3) is 0.353. The third kappa shape index (κ3) is 3.98. The largest absolute Gasteiger partial charge is 0.489 e. The molecule has 0 saturated carbocycles. The highest BCUT2D eigenvalue weighted by Gasteiger charge is 2.08. The number of amidine groups is 1. The lowest BCUT2D eigenvalue weighted by atomic mass is 10.2. The number of allylic oxidation sites excluding steroid dienone is 1. The van der Waals surface area contributed by atoms with E-state index in [2.05, 4.69) is 41.9 Å². The Hall–Kier alpha value is -2.03.